The van der Waals surface area contributed by atoms with Crippen molar-refractivity contribution in [1.82, 2.24) is 5.32 Å². The molecule has 0 spiro atoms. The molecule has 3 rings (SSSR count). The summed E-state index contributed by atoms with van der Waals surface area (Å²) in [4.78, 5) is 11.0. The van der Waals surface area contributed by atoms with Crippen LogP contribution in [0.15, 0.2) is 18.2 Å². The van der Waals surface area contributed by atoms with Crippen molar-refractivity contribution in [3.63, 3.8) is 0 Å². The van der Waals surface area contributed by atoms with Crippen molar-refractivity contribution in [2.75, 3.05) is 6.54 Å². The van der Waals surface area contributed by atoms with Crippen LogP contribution in [0.3, 0.4) is 0 Å². The lowest BCUT2D eigenvalue weighted by Gasteiger charge is -2.27. The first kappa shape index (κ1) is 16.1. The maximum Gasteiger partial charge on any atom is 0.306 e. The molecule has 120 valence electrons. The van der Waals surface area contributed by atoms with Gasteiger partial charge in [-0.15, -0.1) is 0 Å². The lowest BCUT2D eigenvalue weighted by atomic mass is 9.86. The van der Waals surface area contributed by atoms with Crippen LogP contribution in [-0.2, 0) is 4.79 Å². The second-order valence-corrected chi connectivity index (χ2v) is 7.41. The highest BCUT2D eigenvalue weighted by Crippen LogP contribution is 2.49. The Kier molecular flexibility index (Phi) is 4.96. The third-order valence-corrected chi connectivity index (χ3v) is 5.59. The molecule has 0 bridgehead atoms. The fourth-order valence-corrected chi connectivity index (χ4v) is 4.07. The predicted molar refractivity (Wildman–Crippen MR) is 88.7 cm³/mol. The molecule has 2 saturated carbocycles. The Morgan fingerprint density at radius 2 is 1.95 bits per heavy atom. The predicted octanol–water partition coefficient (Wildman–Crippen LogP) is 4.33. The van der Waals surface area contributed by atoms with E-state index in [9.17, 15) is 4.79 Å². The summed E-state index contributed by atoms with van der Waals surface area (Å²) in [5.74, 6) is 0.390. The highest BCUT2D eigenvalue weighted by atomic mass is 35.5. The average Bonchev–Trinajstić information content (AvgIpc) is 3.25. The molecule has 1 aromatic rings. The number of carboxylic acid groups (broad SMARTS) is 1. The van der Waals surface area contributed by atoms with Crippen LogP contribution in [0.1, 0.15) is 43.6 Å². The highest BCUT2D eigenvalue weighted by Gasteiger charge is 2.39. The van der Waals surface area contributed by atoms with E-state index < -0.39 is 5.97 Å². The summed E-state index contributed by atoms with van der Waals surface area (Å²) in [7, 11) is 0. The van der Waals surface area contributed by atoms with E-state index in [0.717, 1.165) is 37.3 Å². The van der Waals surface area contributed by atoms with Gasteiger partial charge in [-0.3, -0.25) is 4.79 Å². The molecular weight excluding hydrogens is 321 g/mol. The topological polar surface area (TPSA) is 49.3 Å². The van der Waals surface area contributed by atoms with Gasteiger partial charge in [-0.1, -0.05) is 29.3 Å². The van der Waals surface area contributed by atoms with E-state index in [1.807, 2.05) is 18.2 Å². The number of nitrogens with one attached hydrogen (secondary N) is 1. The molecule has 0 radical (unpaired) electrons. The number of hydrogen-bond acceptors (Lipinski definition) is 2. The van der Waals surface area contributed by atoms with Gasteiger partial charge in [0.15, 0.2) is 0 Å². The van der Waals surface area contributed by atoms with Gasteiger partial charge in [0.25, 0.3) is 0 Å². The summed E-state index contributed by atoms with van der Waals surface area (Å²) < 4.78 is 0. The number of carbonyl (C=O) groups is 1. The minimum absolute atomic E-state index is 0.139. The van der Waals surface area contributed by atoms with Gasteiger partial charge >= 0.3 is 5.97 Å². The van der Waals surface area contributed by atoms with E-state index in [-0.39, 0.29) is 5.92 Å². The van der Waals surface area contributed by atoms with Crippen molar-refractivity contribution < 1.29 is 9.90 Å². The fraction of sp³-hybridized carbons (Fsp3) is 0.588. The molecule has 22 heavy (non-hydrogen) atoms. The zero-order valence-electron chi connectivity index (χ0n) is 12.4. The molecule has 0 saturated heterocycles. The Labute approximate surface area is 141 Å². The van der Waals surface area contributed by atoms with Gasteiger partial charge < -0.3 is 10.4 Å². The van der Waals surface area contributed by atoms with Crippen molar-refractivity contribution in [1.29, 1.82) is 0 Å². The first-order valence-corrected chi connectivity index (χ1v) is 8.71. The van der Waals surface area contributed by atoms with E-state index in [4.69, 9.17) is 28.3 Å². The van der Waals surface area contributed by atoms with E-state index in [2.05, 4.69) is 5.32 Å². The summed E-state index contributed by atoms with van der Waals surface area (Å²) in [5, 5.41) is 14.1. The number of carboxylic acids is 1. The number of benzene rings is 1. The SMILES string of the molecule is O=C(O)C1CCC(NC[C@@H]2C[C@H]2c2ccc(Cl)cc2Cl)CC1. The van der Waals surface area contributed by atoms with Gasteiger partial charge in [-0.25, -0.2) is 0 Å². The van der Waals surface area contributed by atoms with Crippen LogP contribution in [-0.4, -0.2) is 23.7 Å². The van der Waals surface area contributed by atoms with Gasteiger partial charge in [0.1, 0.15) is 0 Å². The molecule has 0 heterocycles. The van der Waals surface area contributed by atoms with Crippen molar-refractivity contribution in [3.05, 3.63) is 33.8 Å². The van der Waals surface area contributed by atoms with Gasteiger partial charge in [0.05, 0.1) is 5.92 Å². The summed E-state index contributed by atoms with van der Waals surface area (Å²) in [6.45, 7) is 0.992. The molecule has 0 unspecified atom stereocenters. The molecule has 2 N–H and O–H groups in total. The normalized spacial score (nSPS) is 31.0. The molecule has 1 aromatic carbocycles. The first-order valence-electron chi connectivity index (χ1n) is 7.95. The molecule has 2 fully saturated rings. The minimum atomic E-state index is -0.641. The molecular formula is C17H21Cl2NO2. The molecule has 0 aliphatic heterocycles. The second-order valence-electron chi connectivity index (χ2n) is 6.56. The van der Waals surface area contributed by atoms with Crippen LogP contribution in [0.4, 0.5) is 0 Å². The number of hydrogen-bond donors (Lipinski definition) is 2. The second kappa shape index (κ2) is 6.77. The Morgan fingerprint density at radius 3 is 2.59 bits per heavy atom. The third-order valence-electron chi connectivity index (χ3n) is 5.03. The van der Waals surface area contributed by atoms with Crippen molar-refractivity contribution in [2.45, 2.75) is 44.1 Å². The van der Waals surface area contributed by atoms with Gasteiger partial charge in [0.2, 0.25) is 0 Å². The Balaban J connectivity index is 1.44. The summed E-state index contributed by atoms with van der Waals surface area (Å²) in [5.41, 5.74) is 1.20. The third kappa shape index (κ3) is 3.76. The minimum Gasteiger partial charge on any atom is -0.481 e. The van der Waals surface area contributed by atoms with Crippen LogP contribution < -0.4 is 5.32 Å². The van der Waals surface area contributed by atoms with Crippen molar-refractivity contribution in [2.24, 2.45) is 11.8 Å². The van der Waals surface area contributed by atoms with E-state index in [1.54, 1.807) is 0 Å². The van der Waals surface area contributed by atoms with Crippen LogP contribution in [0.5, 0.6) is 0 Å². The molecule has 5 heteroatoms. The van der Waals surface area contributed by atoms with Crippen molar-refractivity contribution >= 4 is 29.2 Å². The first-order chi connectivity index (χ1) is 10.5. The number of halogens is 2. The number of rotatable bonds is 5. The maximum atomic E-state index is 11.0. The molecule has 0 aromatic heterocycles. The van der Waals surface area contributed by atoms with E-state index in [1.165, 1.54) is 12.0 Å². The number of aliphatic carboxylic acids is 1. The Hall–Kier alpha value is -0.770. The Bertz CT molecular complexity index is 556. The summed E-state index contributed by atoms with van der Waals surface area (Å²) in [6, 6.07) is 6.22. The van der Waals surface area contributed by atoms with Gasteiger partial charge in [-0.05, 0) is 68.2 Å². The van der Waals surface area contributed by atoms with Gasteiger partial charge in [-0.2, -0.15) is 0 Å². The average molecular weight is 342 g/mol. The molecule has 2 aliphatic carbocycles. The monoisotopic (exact) mass is 341 g/mol. The van der Waals surface area contributed by atoms with E-state index in [0.29, 0.717) is 22.9 Å². The van der Waals surface area contributed by atoms with Crippen molar-refractivity contribution in [3.8, 4) is 0 Å². The lowest BCUT2D eigenvalue weighted by Crippen LogP contribution is -2.36. The molecule has 3 nitrogen and oxygen atoms in total. The largest absolute Gasteiger partial charge is 0.481 e. The molecule has 2 aliphatic rings. The summed E-state index contributed by atoms with van der Waals surface area (Å²) >= 11 is 12.2. The quantitative estimate of drug-likeness (QED) is 0.837. The lowest BCUT2D eigenvalue weighted by molar-refractivity contribution is -0.142. The zero-order chi connectivity index (χ0) is 15.7. The Morgan fingerprint density at radius 1 is 1.23 bits per heavy atom. The maximum absolute atomic E-state index is 11.0. The molecule has 0 amide bonds. The standard InChI is InChI=1S/C17H21Cl2NO2/c18-12-3-6-14(16(19)8-12)15-7-11(15)9-20-13-4-1-10(2-5-13)17(21)22/h3,6,8,10-11,13,15,20H,1-2,4-5,7,9H2,(H,21,22)/t10?,11-,13?,15+/m0/s1. The summed E-state index contributed by atoms with van der Waals surface area (Å²) in [6.07, 6.45) is 4.69. The molecule has 2 atom stereocenters. The zero-order valence-corrected chi connectivity index (χ0v) is 13.9. The van der Waals surface area contributed by atoms with E-state index >= 15 is 0 Å². The smallest absolute Gasteiger partial charge is 0.306 e. The highest BCUT2D eigenvalue weighted by molar-refractivity contribution is 6.35. The van der Waals surface area contributed by atoms with Crippen LogP contribution in [0.25, 0.3) is 0 Å². The van der Waals surface area contributed by atoms with Crippen LogP contribution in [0.2, 0.25) is 10.0 Å². The fourth-order valence-electron chi connectivity index (χ4n) is 3.52. The van der Waals surface area contributed by atoms with Crippen LogP contribution in [0, 0.1) is 11.8 Å². The van der Waals surface area contributed by atoms with Crippen LogP contribution >= 0.6 is 23.2 Å². The van der Waals surface area contributed by atoms with Gasteiger partial charge in [0, 0.05) is 16.1 Å².